The zero-order chi connectivity index (χ0) is 28.8. The third-order valence-corrected chi connectivity index (χ3v) is 6.26. The normalized spacial score (nSPS) is 11.9. The molecule has 0 fully saturated rings. The third-order valence-electron chi connectivity index (χ3n) is 6.01. The van der Waals surface area contributed by atoms with Crippen LogP contribution in [0.1, 0.15) is 11.2 Å². The van der Waals surface area contributed by atoms with Gasteiger partial charge in [-0.1, -0.05) is 72.3 Å². The number of benzene rings is 4. The average molecular weight is 567 g/mol. The van der Waals surface area contributed by atoms with Crippen molar-refractivity contribution in [3.63, 3.8) is 0 Å². The Morgan fingerprint density at radius 3 is 2.07 bits per heavy atom. The van der Waals surface area contributed by atoms with Gasteiger partial charge in [-0.2, -0.15) is 20.1 Å². The Hall–Kier alpha value is -5.00. The molecule has 0 aliphatic rings. The van der Waals surface area contributed by atoms with Gasteiger partial charge in [0.05, 0.1) is 5.69 Å². The summed E-state index contributed by atoms with van der Waals surface area (Å²) in [5.41, 5.74) is 3.44. The number of carbonyl (C=O) groups excluding carboxylic acids is 2. The lowest BCUT2D eigenvalue weighted by molar-refractivity contribution is -0.991. The predicted molar refractivity (Wildman–Crippen MR) is 155 cm³/mol. The SMILES string of the molecule is O=C(CC(=O)n1nc(-c2ccccc2)c(N=Nc2ccc([NH+]([O-])O)cc2)c1-c1ccccc1)Nc1ccc(Cl)cc1. The van der Waals surface area contributed by atoms with Crippen molar-refractivity contribution in [2.24, 2.45) is 10.2 Å². The molecule has 4 aromatic carbocycles. The number of carbonyl (C=O) groups is 2. The molecule has 0 spiro atoms. The van der Waals surface area contributed by atoms with E-state index >= 15 is 0 Å². The summed E-state index contributed by atoms with van der Waals surface area (Å²) < 4.78 is 1.18. The standard InChI is InChI=1S/C30H23ClN6O4/c31-22-11-13-23(14-12-22)32-26(38)19-27(39)36-30(21-9-5-2-6-10-21)29(28(35-36)20-7-3-1-4-8-20)34-33-24-15-17-25(18-16-24)37(40)41/h1-18,37,40H,19H2,(H,32,38). The van der Waals surface area contributed by atoms with Gasteiger partial charge in [-0.3, -0.25) is 9.59 Å². The Morgan fingerprint density at radius 2 is 1.46 bits per heavy atom. The van der Waals surface area contributed by atoms with E-state index in [1.807, 2.05) is 60.7 Å². The third kappa shape index (κ3) is 6.60. The monoisotopic (exact) mass is 566 g/mol. The summed E-state index contributed by atoms with van der Waals surface area (Å²) in [6.45, 7) is 0. The number of nitrogens with zero attached hydrogens (tertiary/aromatic N) is 4. The lowest BCUT2D eigenvalue weighted by Crippen LogP contribution is -2.99. The van der Waals surface area contributed by atoms with Gasteiger partial charge in [0.2, 0.25) is 5.91 Å². The maximum atomic E-state index is 13.6. The fraction of sp³-hybridized carbons (Fsp3) is 0.0333. The topological polar surface area (TPSA) is 136 Å². The molecule has 5 aromatic rings. The van der Waals surface area contributed by atoms with E-state index in [1.54, 1.807) is 24.3 Å². The fourth-order valence-corrected chi connectivity index (χ4v) is 4.19. The molecular weight excluding hydrogens is 544 g/mol. The molecule has 1 atom stereocenters. The summed E-state index contributed by atoms with van der Waals surface area (Å²) in [5.74, 6) is -1.09. The van der Waals surface area contributed by atoms with Gasteiger partial charge in [0, 0.05) is 34.0 Å². The summed E-state index contributed by atoms with van der Waals surface area (Å²) in [7, 11) is 0. The Kier molecular flexibility index (Phi) is 8.37. The van der Waals surface area contributed by atoms with Crippen LogP contribution >= 0.6 is 11.6 Å². The first-order valence-corrected chi connectivity index (χ1v) is 12.8. The van der Waals surface area contributed by atoms with Crippen LogP contribution in [0, 0.1) is 5.21 Å². The Bertz CT molecular complexity index is 1690. The molecule has 0 saturated carbocycles. The highest BCUT2D eigenvalue weighted by atomic mass is 35.5. The van der Waals surface area contributed by atoms with E-state index in [9.17, 15) is 20.0 Å². The van der Waals surface area contributed by atoms with E-state index in [4.69, 9.17) is 11.6 Å². The van der Waals surface area contributed by atoms with Crippen molar-refractivity contribution in [1.29, 1.82) is 0 Å². The quantitative estimate of drug-likeness (QED) is 0.114. The van der Waals surface area contributed by atoms with Gasteiger partial charge >= 0.3 is 0 Å². The number of azo groups is 1. The van der Waals surface area contributed by atoms with Gasteiger partial charge in [0.15, 0.2) is 5.69 Å². The Labute approximate surface area is 239 Å². The molecule has 10 nitrogen and oxygen atoms in total. The Morgan fingerprint density at radius 1 is 0.854 bits per heavy atom. The minimum absolute atomic E-state index is 0.120. The molecule has 1 heterocycles. The first-order valence-electron chi connectivity index (χ1n) is 12.5. The van der Waals surface area contributed by atoms with E-state index in [0.29, 0.717) is 44.6 Å². The summed E-state index contributed by atoms with van der Waals surface area (Å²) in [5, 5.41) is 36.0. The molecule has 41 heavy (non-hydrogen) atoms. The van der Waals surface area contributed by atoms with E-state index in [0.717, 1.165) is 0 Å². The lowest BCUT2D eigenvalue weighted by Gasteiger charge is -2.10. The van der Waals surface area contributed by atoms with Crippen molar-refractivity contribution in [1.82, 2.24) is 9.78 Å². The molecule has 0 aliphatic heterocycles. The number of hydrogen-bond donors (Lipinski definition) is 3. The minimum atomic E-state index is -1.05. The zero-order valence-electron chi connectivity index (χ0n) is 21.4. The van der Waals surface area contributed by atoms with Gasteiger partial charge in [-0.15, -0.1) is 5.11 Å². The number of nitrogens with one attached hydrogen (secondary N) is 2. The summed E-state index contributed by atoms with van der Waals surface area (Å²) in [6.07, 6.45) is -0.481. The summed E-state index contributed by atoms with van der Waals surface area (Å²) in [6, 6.07) is 30.8. The molecular formula is C30H23ClN6O4. The first kappa shape index (κ1) is 27.6. The molecule has 204 valence electrons. The maximum Gasteiger partial charge on any atom is 0.256 e. The van der Waals surface area contributed by atoms with E-state index in [-0.39, 0.29) is 5.69 Å². The van der Waals surface area contributed by atoms with Crippen molar-refractivity contribution >= 4 is 46.2 Å². The second-order valence-electron chi connectivity index (χ2n) is 8.87. The number of anilines is 1. The van der Waals surface area contributed by atoms with Crippen molar-refractivity contribution in [2.75, 3.05) is 5.32 Å². The smallest absolute Gasteiger partial charge is 0.256 e. The zero-order valence-corrected chi connectivity index (χ0v) is 22.2. The van der Waals surface area contributed by atoms with Crippen LogP contribution in [0.15, 0.2) is 119 Å². The van der Waals surface area contributed by atoms with Crippen LogP contribution in [-0.2, 0) is 4.79 Å². The highest BCUT2D eigenvalue weighted by Gasteiger charge is 2.25. The number of aromatic nitrogens is 2. The predicted octanol–water partition coefficient (Wildman–Crippen LogP) is 6.36. The van der Waals surface area contributed by atoms with Crippen molar-refractivity contribution in [2.45, 2.75) is 6.42 Å². The van der Waals surface area contributed by atoms with Crippen LogP contribution < -0.4 is 10.5 Å². The average Bonchev–Trinajstić information content (AvgIpc) is 3.38. The van der Waals surface area contributed by atoms with E-state index < -0.39 is 23.5 Å². The second kappa shape index (κ2) is 12.5. The molecule has 1 amide bonds. The van der Waals surface area contributed by atoms with Gasteiger partial charge in [0.25, 0.3) is 5.91 Å². The molecule has 11 heteroatoms. The van der Waals surface area contributed by atoms with Crippen LogP contribution in [0.3, 0.4) is 0 Å². The highest BCUT2D eigenvalue weighted by molar-refractivity contribution is 6.30. The molecule has 0 aliphatic carbocycles. The van der Waals surface area contributed by atoms with Crippen molar-refractivity contribution in [3.8, 4) is 22.5 Å². The number of quaternary nitrogens is 1. The Balaban J connectivity index is 1.57. The fourth-order valence-electron chi connectivity index (χ4n) is 4.06. The van der Waals surface area contributed by atoms with Crippen LogP contribution in [0.2, 0.25) is 5.02 Å². The van der Waals surface area contributed by atoms with Gasteiger partial charge < -0.3 is 10.5 Å². The summed E-state index contributed by atoms with van der Waals surface area (Å²) in [4.78, 5) is 26.3. The maximum absolute atomic E-state index is 13.6. The lowest BCUT2D eigenvalue weighted by atomic mass is 10.1. The molecule has 1 aromatic heterocycles. The molecule has 0 saturated heterocycles. The van der Waals surface area contributed by atoms with Crippen LogP contribution in [0.4, 0.5) is 22.7 Å². The first-order chi connectivity index (χ1) is 19.9. The minimum Gasteiger partial charge on any atom is -0.595 e. The van der Waals surface area contributed by atoms with Crippen molar-refractivity contribution in [3.05, 3.63) is 119 Å². The summed E-state index contributed by atoms with van der Waals surface area (Å²) >= 11 is 5.92. The second-order valence-corrected chi connectivity index (χ2v) is 9.30. The van der Waals surface area contributed by atoms with E-state index in [1.165, 1.54) is 28.9 Å². The number of halogens is 1. The van der Waals surface area contributed by atoms with Crippen LogP contribution in [0.25, 0.3) is 22.5 Å². The van der Waals surface area contributed by atoms with E-state index in [2.05, 4.69) is 20.6 Å². The molecule has 5 rings (SSSR count). The molecule has 0 bridgehead atoms. The molecule has 0 radical (unpaired) electrons. The largest absolute Gasteiger partial charge is 0.595 e. The highest BCUT2D eigenvalue weighted by Crippen LogP contribution is 2.40. The van der Waals surface area contributed by atoms with Gasteiger partial charge in [0.1, 0.15) is 23.5 Å². The molecule has 1 unspecified atom stereocenters. The number of amides is 1. The van der Waals surface area contributed by atoms with Gasteiger partial charge in [-0.25, -0.2) is 5.21 Å². The number of hydrogen-bond acceptors (Lipinski definition) is 7. The number of rotatable bonds is 8. The van der Waals surface area contributed by atoms with Crippen molar-refractivity contribution < 1.29 is 20.0 Å². The van der Waals surface area contributed by atoms with Gasteiger partial charge in [-0.05, 0) is 36.4 Å². The van der Waals surface area contributed by atoms with Crippen LogP contribution in [-0.4, -0.2) is 26.8 Å². The molecule has 3 N–H and O–H groups in total. The van der Waals surface area contributed by atoms with Crippen LogP contribution in [0.5, 0.6) is 0 Å².